The first-order valence-corrected chi connectivity index (χ1v) is 11.8. The molecule has 0 radical (unpaired) electrons. The Hall–Kier alpha value is -2.86. The number of Topliss-reactive ketones (excluding diaryl/α,β-unsaturated/α-hetero) is 1. The molecular formula is C26H31ClN4O2. The highest BCUT2D eigenvalue weighted by Gasteiger charge is 2.54. The Morgan fingerprint density at radius 2 is 1.64 bits per heavy atom. The summed E-state index contributed by atoms with van der Waals surface area (Å²) in [5.41, 5.74) is 3.92. The van der Waals surface area contributed by atoms with Crippen LogP contribution < -0.4 is 10.4 Å². The average molecular weight is 467 g/mol. The van der Waals surface area contributed by atoms with Gasteiger partial charge in [-0.15, -0.1) is 5.10 Å². The lowest BCUT2D eigenvalue weighted by atomic mass is 9.69. The van der Waals surface area contributed by atoms with Crippen LogP contribution >= 0.6 is 11.6 Å². The second kappa shape index (κ2) is 8.82. The quantitative estimate of drug-likeness (QED) is 0.633. The van der Waals surface area contributed by atoms with Crippen LogP contribution in [0, 0.1) is 11.3 Å². The Morgan fingerprint density at radius 1 is 1.03 bits per heavy atom. The van der Waals surface area contributed by atoms with Crippen molar-refractivity contribution in [2.45, 2.75) is 59.0 Å². The van der Waals surface area contributed by atoms with E-state index in [1.54, 1.807) is 17.1 Å². The average Bonchev–Trinajstić information content (AvgIpc) is 3.08. The van der Waals surface area contributed by atoms with Crippen LogP contribution in [0.3, 0.4) is 0 Å². The van der Waals surface area contributed by atoms with E-state index >= 15 is 0 Å². The molecule has 4 rings (SSSR count). The standard InChI is InChI=1S/C26H31ClN4O2/c1-18(32)23-28-30(22-12-10-21(27)11-13-22)26(16-14-20(15-17-26)25(2,3)4)31(23)29-24(33)19-8-6-5-7-9-19/h5-13,20H,14-17H2,1-4H3,(H,29,33). The van der Waals surface area contributed by atoms with Gasteiger partial charge in [-0.2, -0.15) is 0 Å². The number of nitrogens with zero attached hydrogens (tertiary/aromatic N) is 3. The number of hydrogen-bond acceptors (Lipinski definition) is 5. The minimum atomic E-state index is -0.666. The lowest BCUT2D eigenvalue weighted by molar-refractivity contribution is -0.112. The molecule has 174 valence electrons. The van der Waals surface area contributed by atoms with Crippen LogP contribution in [0.4, 0.5) is 5.69 Å². The van der Waals surface area contributed by atoms with Crippen molar-refractivity contribution in [3.8, 4) is 0 Å². The first-order valence-electron chi connectivity index (χ1n) is 11.4. The molecule has 33 heavy (non-hydrogen) atoms. The Bertz CT molecular complexity index is 1050. The number of rotatable bonds is 4. The molecule has 1 amide bonds. The molecule has 1 spiro atoms. The summed E-state index contributed by atoms with van der Waals surface area (Å²) >= 11 is 6.13. The minimum absolute atomic E-state index is 0.188. The van der Waals surface area contributed by atoms with E-state index in [-0.39, 0.29) is 22.9 Å². The van der Waals surface area contributed by atoms with Gasteiger partial charge in [0.1, 0.15) is 0 Å². The summed E-state index contributed by atoms with van der Waals surface area (Å²) in [5, 5.41) is 9.01. The maximum absolute atomic E-state index is 13.2. The van der Waals surface area contributed by atoms with Gasteiger partial charge in [0.15, 0.2) is 11.4 Å². The number of halogens is 1. The van der Waals surface area contributed by atoms with Crippen molar-refractivity contribution in [1.82, 2.24) is 10.4 Å². The Balaban J connectivity index is 1.74. The molecule has 1 aliphatic carbocycles. The first-order chi connectivity index (χ1) is 15.6. The molecule has 1 heterocycles. The van der Waals surface area contributed by atoms with E-state index in [1.165, 1.54) is 6.92 Å². The van der Waals surface area contributed by atoms with Gasteiger partial charge in [-0.25, -0.2) is 10.0 Å². The predicted molar refractivity (Wildman–Crippen MR) is 132 cm³/mol. The molecular weight excluding hydrogens is 436 g/mol. The molecule has 1 N–H and O–H groups in total. The maximum Gasteiger partial charge on any atom is 0.269 e. The highest BCUT2D eigenvalue weighted by Crippen LogP contribution is 2.48. The van der Waals surface area contributed by atoms with Crippen molar-refractivity contribution >= 4 is 34.8 Å². The summed E-state index contributed by atoms with van der Waals surface area (Å²) in [6.45, 7) is 8.30. The normalized spacial score (nSPS) is 22.9. The third kappa shape index (κ3) is 4.49. The van der Waals surface area contributed by atoms with Crippen LogP contribution in [0.5, 0.6) is 0 Å². The van der Waals surface area contributed by atoms with E-state index in [1.807, 2.05) is 47.5 Å². The van der Waals surface area contributed by atoms with Crippen LogP contribution in [0.1, 0.15) is 63.7 Å². The molecule has 0 unspecified atom stereocenters. The van der Waals surface area contributed by atoms with Crippen molar-refractivity contribution in [2.75, 3.05) is 5.01 Å². The number of ketones is 1. The fraction of sp³-hybridized carbons (Fsp3) is 0.423. The maximum atomic E-state index is 13.2. The van der Waals surface area contributed by atoms with Gasteiger partial charge >= 0.3 is 0 Å². The molecule has 7 heteroatoms. The highest BCUT2D eigenvalue weighted by atomic mass is 35.5. The molecule has 2 aliphatic rings. The summed E-state index contributed by atoms with van der Waals surface area (Å²) in [4.78, 5) is 25.8. The largest absolute Gasteiger partial charge is 0.291 e. The number of hydrazine groups is 1. The van der Waals surface area contributed by atoms with Crippen LogP contribution in [0.2, 0.25) is 5.02 Å². The first kappa shape index (κ1) is 23.3. The summed E-state index contributed by atoms with van der Waals surface area (Å²) in [6.07, 6.45) is 3.44. The molecule has 1 fully saturated rings. The van der Waals surface area contributed by atoms with E-state index in [2.05, 4.69) is 26.2 Å². The van der Waals surface area contributed by atoms with Crippen LogP contribution in [0.15, 0.2) is 59.7 Å². The number of amidine groups is 1. The molecule has 0 atom stereocenters. The van der Waals surface area contributed by atoms with Gasteiger partial charge in [0.2, 0.25) is 5.84 Å². The third-order valence-electron chi connectivity index (χ3n) is 6.86. The Morgan fingerprint density at radius 3 is 2.18 bits per heavy atom. The monoisotopic (exact) mass is 466 g/mol. The summed E-state index contributed by atoms with van der Waals surface area (Å²) in [7, 11) is 0. The lowest BCUT2D eigenvalue weighted by Gasteiger charge is -2.49. The topological polar surface area (TPSA) is 65.0 Å². The molecule has 6 nitrogen and oxygen atoms in total. The summed E-state index contributed by atoms with van der Waals surface area (Å²) in [5.74, 6) is 0.323. The number of hydrazone groups is 1. The van der Waals surface area contributed by atoms with Gasteiger partial charge in [0.05, 0.1) is 5.69 Å². The number of nitrogens with one attached hydrogen (secondary N) is 1. The van der Waals surface area contributed by atoms with Crippen LogP contribution in [0.25, 0.3) is 0 Å². The number of benzene rings is 2. The molecule has 2 aromatic carbocycles. The van der Waals surface area contributed by atoms with E-state index in [9.17, 15) is 9.59 Å². The fourth-order valence-corrected chi connectivity index (χ4v) is 5.05. The number of carbonyl (C=O) groups excluding carboxylic acids is 2. The second-order valence-electron chi connectivity index (χ2n) is 10.0. The predicted octanol–water partition coefficient (Wildman–Crippen LogP) is 5.64. The van der Waals surface area contributed by atoms with Crippen LogP contribution in [-0.4, -0.2) is 28.2 Å². The molecule has 1 aliphatic heterocycles. The van der Waals surface area contributed by atoms with Crippen molar-refractivity contribution < 1.29 is 9.59 Å². The molecule has 0 bridgehead atoms. The van der Waals surface area contributed by atoms with Crippen molar-refractivity contribution in [2.24, 2.45) is 16.4 Å². The van der Waals surface area contributed by atoms with Gasteiger partial charge in [-0.3, -0.25) is 15.0 Å². The van der Waals surface area contributed by atoms with Gasteiger partial charge in [-0.05, 0) is 73.4 Å². The highest BCUT2D eigenvalue weighted by molar-refractivity contribution is 6.39. The zero-order chi connectivity index (χ0) is 23.8. The second-order valence-corrected chi connectivity index (χ2v) is 10.5. The fourth-order valence-electron chi connectivity index (χ4n) is 4.93. The van der Waals surface area contributed by atoms with Gasteiger partial charge in [0, 0.05) is 17.5 Å². The van der Waals surface area contributed by atoms with Gasteiger partial charge < -0.3 is 0 Å². The molecule has 2 aromatic rings. The number of hydrogen-bond donors (Lipinski definition) is 1. The van der Waals surface area contributed by atoms with E-state index in [4.69, 9.17) is 16.7 Å². The molecule has 1 saturated carbocycles. The van der Waals surface area contributed by atoms with Crippen molar-refractivity contribution in [3.05, 3.63) is 65.2 Å². The van der Waals surface area contributed by atoms with Crippen LogP contribution in [-0.2, 0) is 4.79 Å². The minimum Gasteiger partial charge on any atom is -0.291 e. The Kier molecular flexibility index (Phi) is 6.23. The van der Waals surface area contributed by atoms with Gasteiger partial charge in [0.25, 0.3) is 5.91 Å². The molecule has 0 aromatic heterocycles. The van der Waals surface area contributed by atoms with Gasteiger partial charge in [-0.1, -0.05) is 50.6 Å². The number of anilines is 1. The lowest BCUT2D eigenvalue weighted by Crippen LogP contribution is -2.64. The van der Waals surface area contributed by atoms with E-state index in [0.29, 0.717) is 16.5 Å². The summed E-state index contributed by atoms with van der Waals surface area (Å²) in [6, 6.07) is 16.5. The molecule has 0 saturated heterocycles. The zero-order valence-corrected chi connectivity index (χ0v) is 20.4. The number of amides is 1. The van der Waals surface area contributed by atoms with E-state index in [0.717, 1.165) is 31.4 Å². The van der Waals surface area contributed by atoms with E-state index < -0.39 is 5.66 Å². The SMILES string of the molecule is CC(=O)C1=NN(c2ccc(Cl)cc2)C2(CCC(C(C)(C)C)CC2)N1NC(=O)c1ccccc1. The summed E-state index contributed by atoms with van der Waals surface area (Å²) < 4.78 is 0. The zero-order valence-electron chi connectivity index (χ0n) is 19.6. The third-order valence-corrected chi connectivity index (χ3v) is 7.12. The smallest absolute Gasteiger partial charge is 0.269 e. The Labute approximate surface area is 200 Å². The van der Waals surface area contributed by atoms with Crippen molar-refractivity contribution in [3.63, 3.8) is 0 Å². The van der Waals surface area contributed by atoms with Crippen molar-refractivity contribution in [1.29, 1.82) is 0 Å². The number of carbonyl (C=O) groups is 2.